The van der Waals surface area contributed by atoms with Crippen LogP contribution in [-0.4, -0.2) is 24.4 Å². The van der Waals surface area contributed by atoms with Gasteiger partial charge in [0, 0.05) is 18.6 Å². The lowest BCUT2D eigenvalue weighted by Crippen LogP contribution is -2.47. The maximum atomic E-state index is 11.7. The van der Waals surface area contributed by atoms with Crippen molar-refractivity contribution in [2.24, 2.45) is 5.84 Å². The number of hydrogen-bond donors (Lipinski definition) is 2. The van der Waals surface area contributed by atoms with Crippen molar-refractivity contribution >= 4 is 9.84 Å². The summed E-state index contributed by atoms with van der Waals surface area (Å²) in [4.78, 5) is 3.96. The third-order valence-electron chi connectivity index (χ3n) is 2.84. The molecule has 0 fully saturated rings. The fourth-order valence-electron chi connectivity index (χ4n) is 1.46. The first-order chi connectivity index (χ1) is 7.30. The SMILES string of the molecule is CC(C)(C(NN)c1cccnc1)S(C)(=O)=O. The highest BCUT2D eigenvalue weighted by atomic mass is 32.2. The van der Waals surface area contributed by atoms with Gasteiger partial charge in [0.25, 0.3) is 0 Å². The fourth-order valence-corrected chi connectivity index (χ4v) is 2.09. The predicted molar refractivity (Wildman–Crippen MR) is 63.2 cm³/mol. The number of nitrogens with zero attached hydrogens (tertiary/aromatic N) is 1. The summed E-state index contributed by atoms with van der Waals surface area (Å²) in [5.41, 5.74) is 3.30. The summed E-state index contributed by atoms with van der Waals surface area (Å²) in [7, 11) is -3.23. The van der Waals surface area contributed by atoms with Crippen LogP contribution in [0.25, 0.3) is 0 Å². The fraction of sp³-hybridized carbons (Fsp3) is 0.500. The Bertz CT molecular complexity index is 442. The Balaban J connectivity index is 3.19. The Morgan fingerprint density at radius 3 is 2.50 bits per heavy atom. The van der Waals surface area contributed by atoms with E-state index in [9.17, 15) is 8.42 Å². The summed E-state index contributed by atoms with van der Waals surface area (Å²) >= 11 is 0. The van der Waals surface area contributed by atoms with E-state index in [-0.39, 0.29) is 0 Å². The van der Waals surface area contributed by atoms with Gasteiger partial charge in [-0.25, -0.2) is 8.42 Å². The molecule has 1 aromatic rings. The number of aromatic nitrogens is 1. The van der Waals surface area contributed by atoms with Crippen LogP contribution in [0.2, 0.25) is 0 Å². The third kappa shape index (κ3) is 2.40. The molecule has 0 aliphatic heterocycles. The summed E-state index contributed by atoms with van der Waals surface area (Å²) in [5, 5.41) is 0. The maximum absolute atomic E-state index is 11.7. The van der Waals surface area contributed by atoms with E-state index >= 15 is 0 Å². The van der Waals surface area contributed by atoms with E-state index < -0.39 is 20.6 Å². The highest BCUT2D eigenvalue weighted by Crippen LogP contribution is 2.30. The van der Waals surface area contributed by atoms with Gasteiger partial charge in [0.05, 0.1) is 10.8 Å². The number of hydrogen-bond acceptors (Lipinski definition) is 5. The van der Waals surface area contributed by atoms with Crippen molar-refractivity contribution < 1.29 is 8.42 Å². The maximum Gasteiger partial charge on any atom is 0.154 e. The first-order valence-corrected chi connectivity index (χ1v) is 6.75. The number of pyridine rings is 1. The van der Waals surface area contributed by atoms with Crippen LogP contribution >= 0.6 is 0 Å². The molecule has 0 bridgehead atoms. The summed E-state index contributed by atoms with van der Waals surface area (Å²) in [6.07, 6.45) is 4.44. The minimum Gasteiger partial charge on any atom is -0.271 e. The molecule has 1 rings (SSSR count). The van der Waals surface area contributed by atoms with Crippen LogP contribution in [0.15, 0.2) is 24.5 Å². The van der Waals surface area contributed by atoms with E-state index in [1.807, 2.05) is 0 Å². The average Bonchev–Trinajstić information content (AvgIpc) is 2.18. The average molecular weight is 243 g/mol. The van der Waals surface area contributed by atoms with Gasteiger partial charge in [0.1, 0.15) is 0 Å². The molecule has 0 aromatic carbocycles. The van der Waals surface area contributed by atoms with E-state index in [1.165, 1.54) is 6.26 Å². The van der Waals surface area contributed by atoms with Crippen LogP contribution in [0.5, 0.6) is 0 Å². The van der Waals surface area contributed by atoms with Gasteiger partial charge in [-0.3, -0.25) is 16.3 Å². The molecule has 1 heterocycles. The number of nitrogens with two attached hydrogens (primary N) is 1. The highest BCUT2D eigenvalue weighted by Gasteiger charge is 2.39. The molecule has 16 heavy (non-hydrogen) atoms. The van der Waals surface area contributed by atoms with Crippen molar-refractivity contribution in [3.8, 4) is 0 Å². The van der Waals surface area contributed by atoms with Crippen LogP contribution in [0, 0.1) is 0 Å². The van der Waals surface area contributed by atoms with E-state index in [4.69, 9.17) is 5.84 Å². The smallest absolute Gasteiger partial charge is 0.154 e. The van der Waals surface area contributed by atoms with E-state index in [1.54, 1.807) is 38.4 Å². The van der Waals surface area contributed by atoms with Gasteiger partial charge in [0.2, 0.25) is 0 Å². The quantitative estimate of drug-likeness (QED) is 0.591. The summed E-state index contributed by atoms with van der Waals surface area (Å²) in [6.45, 7) is 3.28. The van der Waals surface area contributed by atoms with E-state index in [0.29, 0.717) is 0 Å². The molecule has 0 saturated heterocycles. The molecule has 0 aliphatic rings. The first-order valence-electron chi connectivity index (χ1n) is 4.86. The van der Waals surface area contributed by atoms with Crippen LogP contribution in [-0.2, 0) is 9.84 Å². The molecule has 1 aromatic heterocycles. The highest BCUT2D eigenvalue weighted by molar-refractivity contribution is 7.92. The molecule has 0 saturated carbocycles. The van der Waals surface area contributed by atoms with Gasteiger partial charge in [-0.15, -0.1) is 0 Å². The normalized spacial score (nSPS) is 14.8. The van der Waals surface area contributed by atoms with Gasteiger partial charge in [0.15, 0.2) is 9.84 Å². The Kier molecular flexibility index (Phi) is 3.67. The number of hydrazine groups is 1. The molecule has 0 amide bonds. The van der Waals surface area contributed by atoms with Crippen molar-refractivity contribution in [2.75, 3.05) is 6.26 Å². The second-order valence-corrected chi connectivity index (χ2v) is 6.86. The molecule has 0 spiro atoms. The Labute approximate surface area is 96.0 Å². The summed E-state index contributed by atoms with van der Waals surface area (Å²) in [5.74, 6) is 5.45. The summed E-state index contributed by atoms with van der Waals surface area (Å²) in [6, 6.07) is 3.05. The number of sulfone groups is 1. The lowest BCUT2D eigenvalue weighted by Gasteiger charge is -2.32. The number of rotatable bonds is 4. The molecule has 3 N–H and O–H groups in total. The van der Waals surface area contributed by atoms with E-state index in [0.717, 1.165) is 5.56 Å². The van der Waals surface area contributed by atoms with Crippen molar-refractivity contribution in [2.45, 2.75) is 24.6 Å². The largest absolute Gasteiger partial charge is 0.271 e. The van der Waals surface area contributed by atoms with Gasteiger partial charge >= 0.3 is 0 Å². The Hall–Kier alpha value is -0.980. The zero-order valence-corrected chi connectivity index (χ0v) is 10.5. The topological polar surface area (TPSA) is 85.1 Å². The molecule has 1 unspecified atom stereocenters. The molecule has 6 heteroatoms. The first kappa shape index (κ1) is 13.1. The van der Waals surface area contributed by atoms with Crippen molar-refractivity contribution in [1.29, 1.82) is 0 Å². The molecule has 90 valence electrons. The zero-order chi connectivity index (χ0) is 12.4. The molecule has 0 radical (unpaired) electrons. The van der Waals surface area contributed by atoms with Gasteiger partial charge in [-0.1, -0.05) is 6.07 Å². The lowest BCUT2D eigenvalue weighted by molar-refractivity contribution is 0.427. The van der Waals surface area contributed by atoms with Crippen LogP contribution in [0.1, 0.15) is 25.5 Å². The van der Waals surface area contributed by atoms with Gasteiger partial charge in [-0.2, -0.15) is 0 Å². The monoisotopic (exact) mass is 243 g/mol. The molecule has 5 nitrogen and oxygen atoms in total. The van der Waals surface area contributed by atoms with Crippen LogP contribution in [0.4, 0.5) is 0 Å². The second kappa shape index (κ2) is 4.48. The zero-order valence-electron chi connectivity index (χ0n) is 9.64. The summed E-state index contributed by atoms with van der Waals surface area (Å²) < 4.78 is 22.4. The minimum absolute atomic E-state index is 0.490. The lowest BCUT2D eigenvalue weighted by atomic mass is 9.97. The van der Waals surface area contributed by atoms with Crippen molar-refractivity contribution in [1.82, 2.24) is 10.4 Å². The third-order valence-corrected chi connectivity index (χ3v) is 4.98. The number of nitrogens with one attached hydrogen (secondary N) is 1. The van der Waals surface area contributed by atoms with Crippen LogP contribution in [0.3, 0.4) is 0 Å². The van der Waals surface area contributed by atoms with Crippen LogP contribution < -0.4 is 11.3 Å². The van der Waals surface area contributed by atoms with Gasteiger partial charge in [-0.05, 0) is 25.5 Å². The van der Waals surface area contributed by atoms with Crippen molar-refractivity contribution in [3.63, 3.8) is 0 Å². The standard InChI is InChI=1S/C10H17N3O2S/c1-10(2,16(3,14)15)9(13-11)8-5-4-6-12-7-8/h4-7,9,13H,11H2,1-3H3. The predicted octanol–water partition coefficient (Wildman–Crippen LogP) is 0.409. The molecule has 1 atom stereocenters. The molecule has 0 aliphatic carbocycles. The molecular formula is C10H17N3O2S. The van der Waals surface area contributed by atoms with Crippen molar-refractivity contribution in [3.05, 3.63) is 30.1 Å². The van der Waals surface area contributed by atoms with E-state index in [2.05, 4.69) is 10.4 Å². The minimum atomic E-state index is -3.23. The van der Waals surface area contributed by atoms with Gasteiger partial charge < -0.3 is 0 Å². The Morgan fingerprint density at radius 2 is 2.12 bits per heavy atom. The molecular weight excluding hydrogens is 226 g/mol. The Morgan fingerprint density at radius 1 is 1.50 bits per heavy atom. The second-order valence-electron chi connectivity index (χ2n) is 4.26.